The summed E-state index contributed by atoms with van der Waals surface area (Å²) in [7, 11) is 0. The molecule has 1 atom stereocenters. The van der Waals surface area contributed by atoms with E-state index in [9.17, 15) is 4.79 Å². The van der Waals surface area contributed by atoms with Gasteiger partial charge in [-0.1, -0.05) is 0 Å². The van der Waals surface area contributed by atoms with Gasteiger partial charge < -0.3 is 4.90 Å². The quantitative estimate of drug-likeness (QED) is 0.871. The van der Waals surface area contributed by atoms with Crippen LogP contribution in [0.5, 0.6) is 0 Å². The van der Waals surface area contributed by atoms with Gasteiger partial charge in [0.25, 0.3) is 0 Å². The summed E-state index contributed by atoms with van der Waals surface area (Å²) in [5.74, 6) is 0.634. The van der Waals surface area contributed by atoms with Crippen molar-refractivity contribution in [1.82, 2.24) is 19.7 Å². The third-order valence-corrected chi connectivity index (χ3v) is 5.17. The zero-order chi connectivity index (χ0) is 15.5. The van der Waals surface area contributed by atoms with Crippen LogP contribution in [0.15, 0.2) is 18.5 Å². The lowest BCUT2D eigenvalue weighted by molar-refractivity contribution is -0.132. The molecule has 0 bridgehead atoms. The van der Waals surface area contributed by atoms with Gasteiger partial charge in [0, 0.05) is 49.2 Å². The second kappa shape index (κ2) is 6.60. The summed E-state index contributed by atoms with van der Waals surface area (Å²) in [5.41, 5.74) is 0.990. The molecule has 1 saturated heterocycles. The van der Waals surface area contributed by atoms with Crippen LogP contribution in [0.25, 0.3) is 0 Å². The summed E-state index contributed by atoms with van der Waals surface area (Å²) < 4.78 is 1.85. The predicted octanol–water partition coefficient (Wildman–Crippen LogP) is 2.75. The topological polar surface area (TPSA) is 51.0 Å². The third kappa shape index (κ3) is 3.55. The molecule has 22 heavy (non-hydrogen) atoms. The van der Waals surface area contributed by atoms with Crippen molar-refractivity contribution in [1.29, 1.82) is 0 Å². The maximum absolute atomic E-state index is 12.4. The van der Waals surface area contributed by atoms with E-state index in [0.29, 0.717) is 18.9 Å². The van der Waals surface area contributed by atoms with E-state index < -0.39 is 0 Å². The molecule has 2 aromatic rings. The lowest BCUT2D eigenvalue weighted by atomic mass is 9.98. The number of aryl methyl sites for hydroxylation is 3. The number of amides is 1. The Hall–Kier alpha value is -1.69. The van der Waals surface area contributed by atoms with E-state index in [0.717, 1.165) is 31.6 Å². The SMILES string of the molecule is Cc1ccn(CCC(=O)N2CCC[C@@H](c3ncc(C)s3)C2)n1. The zero-order valence-corrected chi connectivity index (χ0v) is 14.0. The van der Waals surface area contributed by atoms with E-state index in [1.165, 1.54) is 9.88 Å². The minimum atomic E-state index is 0.228. The fourth-order valence-electron chi connectivity index (χ4n) is 2.92. The minimum Gasteiger partial charge on any atom is -0.342 e. The van der Waals surface area contributed by atoms with Crippen LogP contribution in [-0.4, -0.2) is 38.7 Å². The van der Waals surface area contributed by atoms with Crippen molar-refractivity contribution in [3.05, 3.63) is 34.0 Å². The maximum Gasteiger partial charge on any atom is 0.224 e. The number of aromatic nitrogens is 3. The maximum atomic E-state index is 12.4. The van der Waals surface area contributed by atoms with Crippen LogP contribution in [0.3, 0.4) is 0 Å². The molecule has 0 saturated carbocycles. The Morgan fingerprint density at radius 2 is 2.32 bits per heavy atom. The first-order valence-electron chi connectivity index (χ1n) is 7.82. The standard InChI is InChI=1S/C16H22N4OS/c1-12-5-8-20(18-12)9-6-15(21)19-7-3-4-14(11-19)16-17-10-13(2)22-16/h5,8,10,14H,3-4,6-7,9,11H2,1-2H3/t14-/m1/s1. The minimum absolute atomic E-state index is 0.228. The van der Waals surface area contributed by atoms with Crippen molar-refractivity contribution in [2.45, 2.75) is 45.6 Å². The van der Waals surface area contributed by atoms with E-state index in [4.69, 9.17) is 0 Å². The molecule has 1 fully saturated rings. The molecular formula is C16H22N4OS. The number of thiazole rings is 1. The van der Waals surface area contributed by atoms with E-state index >= 15 is 0 Å². The van der Waals surface area contributed by atoms with Crippen molar-refractivity contribution in [3.63, 3.8) is 0 Å². The highest BCUT2D eigenvalue weighted by Crippen LogP contribution is 2.29. The molecule has 1 aliphatic heterocycles. The van der Waals surface area contributed by atoms with Gasteiger partial charge in [0.1, 0.15) is 0 Å². The second-order valence-corrected chi connectivity index (χ2v) is 7.22. The first-order chi connectivity index (χ1) is 10.6. The molecule has 3 heterocycles. The smallest absolute Gasteiger partial charge is 0.224 e. The number of likely N-dealkylation sites (tertiary alicyclic amines) is 1. The molecule has 5 nitrogen and oxygen atoms in total. The third-order valence-electron chi connectivity index (χ3n) is 4.09. The number of nitrogens with zero attached hydrogens (tertiary/aromatic N) is 4. The first kappa shape index (κ1) is 15.2. The summed E-state index contributed by atoms with van der Waals surface area (Å²) in [6.07, 6.45) is 6.58. The molecule has 1 aliphatic rings. The van der Waals surface area contributed by atoms with E-state index in [2.05, 4.69) is 17.0 Å². The van der Waals surface area contributed by atoms with Gasteiger partial charge in [-0.3, -0.25) is 9.48 Å². The number of carbonyl (C=O) groups excluding carboxylic acids is 1. The molecule has 0 aromatic carbocycles. The van der Waals surface area contributed by atoms with Gasteiger partial charge >= 0.3 is 0 Å². The Labute approximate surface area is 135 Å². The first-order valence-corrected chi connectivity index (χ1v) is 8.63. The van der Waals surface area contributed by atoms with Crippen LogP contribution in [0.4, 0.5) is 0 Å². The average molecular weight is 318 g/mol. The van der Waals surface area contributed by atoms with Crippen molar-refractivity contribution < 1.29 is 4.79 Å². The summed E-state index contributed by atoms with van der Waals surface area (Å²) in [5, 5.41) is 5.51. The molecule has 1 amide bonds. The lowest BCUT2D eigenvalue weighted by Crippen LogP contribution is -2.39. The van der Waals surface area contributed by atoms with Gasteiger partial charge in [0.2, 0.25) is 5.91 Å². The molecule has 0 aliphatic carbocycles. The molecule has 0 spiro atoms. The van der Waals surface area contributed by atoms with Crippen molar-refractivity contribution in [3.8, 4) is 0 Å². The van der Waals surface area contributed by atoms with Crippen LogP contribution in [0, 0.1) is 13.8 Å². The second-order valence-electron chi connectivity index (χ2n) is 5.96. The molecule has 0 radical (unpaired) electrons. The average Bonchev–Trinajstić information content (AvgIpc) is 3.13. The van der Waals surface area contributed by atoms with Crippen LogP contribution in [0.1, 0.15) is 40.8 Å². The molecule has 6 heteroatoms. The molecular weight excluding hydrogens is 296 g/mol. The van der Waals surface area contributed by atoms with Crippen molar-refractivity contribution >= 4 is 17.2 Å². The van der Waals surface area contributed by atoms with Gasteiger partial charge in [-0.15, -0.1) is 11.3 Å². The number of carbonyl (C=O) groups is 1. The highest BCUT2D eigenvalue weighted by molar-refractivity contribution is 7.11. The van der Waals surface area contributed by atoms with E-state index in [-0.39, 0.29) is 5.91 Å². The lowest BCUT2D eigenvalue weighted by Gasteiger charge is -2.32. The molecule has 2 aromatic heterocycles. The highest BCUT2D eigenvalue weighted by Gasteiger charge is 2.26. The predicted molar refractivity (Wildman–Crippen MR) is 87.0 cm³/mol. The van der Waals surface area contributed by atoms with E-state index in [1.807, 2.05) is 35.0 Å². The van der Waals surface area contributed by atoms with Crippen LogP contribution < -0.4 is 0 Å². The summed E-state index contributed by atoms with van der Waals surface area (Å²) in [6.45, 7) is 6.38. The highest BCUT2D eigenvalue weighted by atomic mass is 32.1. The molecule has 0 unspecified atom stereocenters. The fourth-order valence-corrected chi connectivity index (χ4v) is 3.82. The zero-order valence-electron chi connectivity index (χ0n) is 13.2. The molecule has 0 N–H and O–H groups in total. The fraction of sp³-hybridized carbons (Fsp3) is 0.562. The van der Waals surface area contributed by atoms with Gasteiger partial charge in [-0.2, -0.15) is 5.10 Å². The Bertz CT molecular complexity index is 648. The van der Waals surface area contributed by atoms with E-state index in [1.54, 1.807) is 11.3 Å². The number of hydrogen-bond donors (Lipinski definition) is 0. The van der Waals surface area contributed by atoms with Crippen LogP contribution in [-0.2, 0) is 11.3 Å². The van der Waals surface area contributed by atoms with Crippen LogP contribution in [0.2, 0.25) is 0 Å². The van der Waals surface area contributed by atoms with Crippen molar-refractivity contribution in [2.75, 3.05) is 13.1 Å². The molecule has 118 valence electrons. The summed E-state index contributed by atoms with van der Waals surface area (Å²) in [4.78, 5) is 20.2. The van der Waals surface area contributed by atoms with Crippen molar-refractivity contribution in [2.24, 2.45) is 0 Å². The summed E-state index contributed by atoms with van der Waals surface area (Å²) in [6, 6.07) is 1.96. The van der Waals surface area contributed by atoms with Gasteiger partial charge in [-0.25, -0.2) is 4.98 Å². The number of rotatable bonds is 4. The number of piperidine rings is 1. The van der Waals surface area contributed by atoms with Gasteiger partial charge in [0.15, 0.2) is 0 Å². The Balaban J connectivity index is 1.55. The Morgan fingerprint density at radius 3 is 3.00 bits per heavy atom. The number of hydrogen-bond acceptors (Lipinski definition) is 4. The van der Waals surface area contributed by atoms with Crippen LogP contribution >= 0.6 is 11.3 Å². The summed E-state index contributed by atoms with van der Waals surface area (Å²) >= 11 is 1.76. The largest absolute Gasteiger partial charge is 0.342 e. The van der Waals surface area contributed by atoms with Gasteiger partial charge in [-0.05, 0) is 32.8 Å². The monoisotopic (exact) mass is 318 g/mol. The van der Waals surface area contributed by atoms with Gasteiger partial charge in [0.05, 0.1) is 10.7 Å². The normalized spacial score (nSPS) is 18.6. The Kier molecular flexibility index (Phi) is 4.57. The Morgan fingerprint density at radius 1 is 1.45 bits per heavy atom. The molecule has 3 rings (SSSR count).